The number of carbonyl (C=O) groups excluding carboxylic acids is 1. The molecule has 6 nitrogen and oxygen atoms in total. The van der Waals surface area contributed by atoms with E-state index in [0.717, 1.165) is 0 Å². The Labute approximate surface area is 112 Å². The minimum Gasteiger partial charge on any atom is -0.497 e. The van der Waals surface area contributed by atoms with E-state index in [4.69, 9.17) is 24.0 Å². The largest absolute Gasteiger partial charge is 0.497 e. The Morgan fingerprint density at radius 1 is 1.21 bits per heavy atom. The predicted octanol–water partition coefficient (Wildman–Crippen LogP) is 1.83. The standard InChI is InChI=1S/C13H18O6/c1-9(8-15-2)18-19-13(14)11-6-5-10(16-3)7-12(11)17-4/h5-7,9H,8H2,1-4H3. The second-order valence-corrected chi connectivity index (χ2v) is 3.80. The Morgan fingerprint density at radius 3 is 2.53 bits per heavy atom. The zero-order valence-electron chi connectivity index (χ0n) is 11.5. The van der Waals surface area contributed by atoms with Gasteiger partial charge < -0.3 is 14.2 Å². The maximum atomic E-state index is 11.8. The van der Waals surface area contributed by atoms with Gasteiger partial charge in [0.2, 0.25) is 0 Å². The van der Waals surface area contributed by atoms with E-state index in [1.54, 1.807) is 25.1 Å². The molecule has 0 saturated heterocycles. The predicted molar refractivity (Wildman–Crippen MR) is 67.4 cm³/mol. The van der Waals surface area contributed by atoms with E-state index in [-0.39, 0.29) is 11.7 Å². The Balaban J connectivity index is 2.71. The minimum atomic E-state index is -0.637. The van der Waals surface area contributed by atoms with Crippen LogP contribution in [0.15, 0.2) is 18.2 Å². The van der Waals surface area contributed by atoms with E-state index >= 15 is 0 Å². The molecule has 0 saturated carbocycles. The highest BCUT2D eigenvalue weighted by atomic mass is 17.2. The SMILES string of the molecule is COCC(C)OOC(=O)c1ccc(OC)cc1OC. The van der Waals surface area contributed by atoms with Crippen molar-refractivity contribution in [1.29, 1.82) is 0 Å². The first-order valence-electron chi connectivity index (χ1n) is 5.71. The van der Waals surface area contributed by atoms with E-state index in [9.17, 15) is 4.79 Å². The first-order chi connectivity index (χ1) is 9.12. The van der Waals surface area contributed by atoms with Gasteiger partial charge in [-0.1, -0.05) is 0 Å². The van der Waals surface area contributed by atoms with Crippen LogP contribution in [-0.4, -0.2) is 40.0 Å². The Morgan fingerprint density at radius 2 is 1.95 bits per heavy atom. The monoisotopic (exact) mass is 270 g/mol. The van der Waals surface area contributed by atoms with Crippen LogP contribution < -0.4 is 9.47 Å². The summed E-state index contributed by atoms with van der Waals surface area (Å²) in [6.07, 6.45) is -0.349. The Kier molecular flexibility index (Phi) is 6.11. The van der Waals surface area contributed by atoms with Crippen LogP contribution in [0.1, 0.15) is 17.3 Å². The van der Waals surface area contributed by atoms with Crippen LogP contribution in [0.25, 0.3) is 0 Å². The molecule has 1 rings (SSSR count). The molecule has 1 unspecified atom stereocenters. The lowest BCUT2D eigenvalue weighted by Crippen LogP contribution is -2.18. The van der Waals surface area contributed by atoms with Crippen LogP contribution in [0, 0.1) is 0 Å². The molecule has 0 radical (unpaired) electrons. The smallest absolute Gasteiger partial charge is 0.376 e. The third-order valence-corrected chi connectivity index (χ3v) is 2.32. The van der Waals surface area contributed by atoms with Crippen molar-refractivity contribution >= 4 is 5.97 Å². The lowest BCUT2D eigenvalue weighted by atomic mass is 10.2. The van der Waals surface area contributed by atoms with Crippen molar-refractivity contribution in [2.45, 2.75) is 13.0 Å². The third-order valence-electron chi connectivity index (χ3n) is 2.32. The summed E-state index contributed by atoms with van der Waals surface area (Å²) in [5.41, 5.74) is 0.257. The van der Waals surface area contributed by atoms with Gasteiger partial charge in [0.15, 0.2) is 0 Å². The molecule has 0 amide bonds. The van der Waals surface area contributed by atoms with E-state index in [1.165, 1.54) is 21.3 Å². The fourth-order valence-electron chi connectivity index (χ4n) is 1.40. The summed E-state index contributed by atoms with van der Waals surface area (Å²) in [6, 6.07) is 4.78. The first kappa shape index (κ1) is 15.3. The molecule has 0 aliphatic rings. The second kappa shape index (κ2) is 7.60. The topological polar surface area (TPSA) is 63.2 Å². The van der Waals surface area contributed by atoms with Gasteiger partial charge in [-0.2, -0.15) is 4.89 Å². The molecule has 1 aromatic carbocycles. The van der Waals surface area contributed by atoms with Crippen molar-refractivity contribution in [3.8, 4) is 11.5 Å². The molecule has 1 aromatic rings. The Bertz CT molecular complexity index is 418. The molecular formula is C13H18O6. The fraction of sp³-hybridized carbons (Fsp3) is 0.462. The van der Waals surface area contributed by atoms with Gasteiger partial charge >= 0.3 is 5.97 Å². The molecule has 1 atom stereocenters. The minimum absolute atomic E-state index is 0.257. The maximum absolute atomic E-state index is 11.8. The summed E-state index contributed by atoms with van der Waals surface area (Å²) in [5, 5.41) is 0. The van der Waals surface area contributed by atoms with Gasteiger partial charge in [0.25, 0.3) is 0 Å². The number of rotatable bonds is 7. The molecule has 0 aliphatic carbocycles. The van der Waals surface area contributed by atoms with Crippen molar-refractivity contribution < 1.29 is 28.8 Å². The number of ether oxygens (including phenoxy) is 3. The summed E-state index contributed by atoms with van der Waals surface area (Å²) in [6.45, 7) is 2.05. The summed E-state index contributed by atoms with van der Waals surface area (Å²) in [4.78, 5) is 21.4. The van der Waals surface area contributed by atoms with Crippen LogP contribution in [-0.2, 0) is 14.5 Å². The summed E-state index contributed by atoms with van der Waals surface area (Å²) in [7, 11) is 4.52. The van der Waals surface area contributed by atoms with Gasteiger partial charge in [-0.3, -0.25) is 4.89 Å². The average molecular weight is 270 g/mol. The summed E-state index contributed by atoms with van der Waals surface area (Å²) >= 11 is 0. The van der Waals surface area contributed by atoms with Crippen molar-refractivity contribution in [1.82, 2.24) is 0 Å². The molecule has 19 heavy (non-hydrogen) atoms. The number of benzene rings is 1. The molecule has 0 bridgehead atoms. The fourth-order valence-corrected chi connectivity index (χ4v) is 1.40. The molecule has 0 heterocycles. The normalized spacial score (nSPS) is 11.8. The Hall–Kier alpha value is -1.79. The van der Waals surface area contributed by atoms with Gasteiger partial charge in [0.05, 0.1) is 20.8 Å². The van der Waals surface area contributed by atoms with E-state index in [1.807, 2.05) is 0 Å². The lowest BCUT2D eigenvalue weighted by molar-refractivity contribution is -0.276. The molecule has 6 heteroatoms. The summed E-state index contributed by atoms with van der Waals surface area (Å²) in [5.74, 6) is 0.303. The van der Waals surface area contributed by atoms with Gasteiger partial charge in [0, 0.05) is 13.2 Å². The van der Waals surface area contributed by atoms with Gasteiger partial charge in [0.1, 0.15) is 23.2 Å². The number of hydrogen-bond donors (Lipinski definition) is 0. The van der Waals surface area contributed by atoms with Gasteiger partial charge in [-0.05, 0) is 19.1 Å². The van der Waals surface area contributed by atoms with Crippen LogP contribution in [0.4, 0.5) is 0 Å². The molecular weight excluding hydrogens is 252 g/mol. The zero-order valence-corrected chi connectivity index (χ0v) is 11.5. The number of methoxy groups -OCH3 is 3. The van der Waals surface area contributed by atoms with Crippen molar-refractivity contribution in [3.05, 3.63) is 23.8 Å². The van der Waals surface area contributed by atoms with Crippen LogP contribution in [0.5, 0.6) is 11.5 Å². The van der Waals surface area contributed by atoms with E-state index in [0.29, 0.717) is 18.1 Å². The first-order valence-corrected chi connectivity index (χ1v) is 5.71. The van der Waals surface area contributed by atoms with Crippen molar-refractivity contribution in [3.63, 3.8) is 0 Å². The maximum Gasteiger partial charge on any atom is 0.376 e. The third kappa shape index (κ3) is 4.42. The van der Waals surface area contributed by atoms with Crippen LogP contribution >= 0.6 is 0 Å². The van der Waals surface area contributed by atoms with Crippen LogP contribution in [0.2, 0.25) is 0 Å². The van der Waals surface area contributed by atoms with Crippen LogP contribution in [0.3, 0.4) is 0 Å². The molecule has 0 aliphatic heterocycles. The highest BCUT2D eigenvalue weighted by Crippen LogP contribution is 2.25. The van der Waals surface area contributed by atoms with Gasteiger partial charge in [-0.25, -0.2) is 4.79 Å². The lowest BCUT2D eigenvalue weighted by Gasteiger charge is -2.12. The molecule has 106 valence electrons. The number of carbonyl (C=O) groups is 1. The molecule has 0 fully saturated rings. The quantitative estimate of drug-likeness (QED) is 0.556. The highest BCUT2D eigenvalue weighted by molar-refractivity contribution is 5.92. The van der Waals surface area contributed by atoms with Crippen molar-refractivity contribution in [2.75, 3.05) is 27.9 Å². The molecule has 0 spiro atoms. The number of hydrogen-bond acceptors (Lipinski definition) is 6. The zero-order chi connectivity index (χ0) is 14.3. The average Bonchev–Trinajstić information content (AvgIpc) is 2.44. The molecule has 0 aromatic heterocycles. The van der Waals surface area contributed by atoms with E-state index in [2.05, 4.69) is 0 Å². The van der Waals surface area contributed by atoms with Crippen molar-refractivity contribution in [2.24, 2.45) is 0 Å². The van der Waals surface area contributed by atoms with Gasteiger partial charge in [-0.15, -0.1) is 0 Å². The highest BCUT2D eigenvalue weighted by Gasteiger charge is 2.17. The summed E-state index contributed by atoms with van der Waals surface area (Å²) < 4.78 is 15.0. The molecule has 0 N–H and O–H groups in total. The van der Waals surface area contributed by atoms with E-state index < -0.39 is 5.97 Å². The second-order valence-electron chi connectivity index (χ2n) is 3.80.